The number of anilines is 2. The van der Waals surface area contributed by atoms with E-state index in [1.807, 2.05) is 12.1 Å². The molecule has 1 saturated heterocycles. The molecular formula is C24H31N7O3. The van der Waals surface area contributed by atoms with Gasteiger partial charge < -0.3 is 19.9 Å². The maximum Gasteiger partial charge on any atom is 0.324 e. The van der Waals surface area contributed by atoms with E-state index in [1.54, 1.807) is 12.4 Å². The van der Waals surface area contributed by atoms with Crippen molar-refractivity contribution >= 4 is 17.9 Å². The van der Waals surface area contributed by atoms with Crippen LogP contribution in [0.1, 0.15) is 32.2 Å². The molecule has 2 aromatic heterocycles. The highest BCUT2D eigenvalue weighted by atomic mass is 16.5. The molecule has 0 spiro atoms. The summed E-state index contributed by atoms with van der Waals surface area (Å²) in [7, 11) is 1.41. The van der Waals surface area contributed by atoms with E-state index in [2.05, 4.69) is 57.8 Å². The van der Waals surface area contributed by atoms with Crippen LogP contribution in [0.5, 0.6) is 0 Å². The second-order valence-electron chi connectivity index (χ2n) is 9.00. The van der Waals surface area contributed by atoms with Crippen molar-refractivity contribution in [2.75, 3.05) is 50.5 Å². The van der Waals surface area contributed by atoms with Crippen molar-refractivity contribution in [1.29, 1.82) is 0 Å². The predicted molar refractivity (Wildman–Crippen MR) is 128 cm³/mol. The molecule has 1 aliphatic rings. The molecule has 10 heteroatoms. The van der Waals surface area contributed by atoms with Crippen LogP contribution in [0, 0.1) is 5.92 Å². The van der Waals surface area contributed by atoms with Gasteiger partial charge in [0.1, 0.15) is 0 Å². The van der Waals surface area contributed by atoms with Crippen LogP contribution in [0.2, 0.25) is 0 Å². The van der Waals surface area contributed by atoms with E-state index in [4.69, 9.17) is 20.0 Å². The van der Waals surface area contributed by atoms with Gasteiger partial charge in [0.2, 0.25) is 5.95 Å². The van der Waals surface area contributed by atoms with Crippen molar-refractivity contribution < 1.29 is 14.1 Å². The number of nitrogen functional groups attached to an aromatic ring is 1. The third kappa shape index (κ3) is 4.72. The summed E-state index contributed by atoms with van der Waals surface area (Å²) in [5.74, 6) is 0.903. The molecule has 180 valence electrons. The molecule has 0 aliphatic carbocycles. The van der Waals surface area contributed by atoms with Crippen molar-refractivity contribution in [3.63, 3.8) is 0 Å². The molecule has 3 aromatic rings. The van der Waals surface area contributed by atoms with Crippen LogP contribution in [0.4, 0.5) is 12.0 Å². The minimum Gasteiger partial charge on any atom is -0.468 e. The molecule has 34 heavy (non-hydrogen) atoms. The van der Waals surface area contributed by atoms with Gasteiger partial charge in [-0.05, 0) is 24.0 Å². The maximum atomic E-state index is 11.5. The van der Waals surface area contributed by atoms with Crippen LogP contribution >= 0.6 is 0 Å². The lowest BCUT2D eigenvalue weighted by Crippen LogP contribution is -2.48. The van der Waals surface area contributed by atoms with Crippen LogP contribution in [0.15, 0.2) is 41.2 Å². The average molecular weight is 466 g/mol. The number of hydrogen-bond donors (Lipinski definition) is 1. The largest absolute Gasteiger partial charge is 0.468 e. The fraction of sp³-hybridized carbons (Fsp3) is 0.458. The van der Waals surface area contributed by atoms with E-state index in [-0.39, 0.29) is 17.8 Å². The van der Waals surface area contributed by atoms with Crippen molar-refractivity contribution in [1.82, 2.24) is 25.0 Å². The Kier molecular flexibility index (Phi) is 6.78. The minimum atomic E-state index is -0.440. The van der Waals surface area contributed by atoms with Crippen molar-refractivity contribution in [2.24, 2.45) is 5.92 Å². The molecule has 10 nitrogen and oxygen atoms in total. The fourth-order valence-electron chi connectivity index (χ4n) is 4.12. The van der Waals surface area contributed by atoms with Crippen LogP contribution in [0.3, 0.4) is 0 Å². The first kappa shape index (κ1) is 23.6. The molecule has 1 fully saturated rings. The molecular weight excluding hydrogens is 434 g/mol. The Morgan fingerprint density at radius 1 is 1.12 bits per heavy atom. The lowest BCUT2D eigenvalue weighted by atomic mass is 9.72. The highest BCUT2D eigenvalue weighted by Crippen LogP contribution is 2.38. The van der Waals surface area contributed by atoms with E-state index in [1.165, 1.54) is 7.11 Å². The molecule has 0 radical (unpaired) electrons. The smallest absolute Gasteiger partial charge is 0.324 e. The van der Waals surface area contributed by atoms with Gasteiger partial charge in [0.25, 0.3) is 0 Å². The lowest BCUT2D eigenvalue weighted by molar-refractivity contribution is -0.142. The van der Waals surface area contributed by atoms with E-state index >= 15 is 0 Å². The number of nitrogens with zero attached hydrogens (tertiary/aromatic N) is 6. The predicted octanol–water partition coefficient (Wildman–Crippen LogP) is 2.37. The van der Waals surface area contributed by atoms with Gasteiger partial charge in [-0.1, -0.05) is 43.3 Å². The number of carbonyl (C=O) groups is 1. The second kappa shape index (κ2) is 9.76. The van der Waals surface area contributed by atoms with Gasteiger partial charge in [0, 0.05) is 44.1 Å². The summed E-state index contributed by atoms with van der Waals surface area (Å²) in [6.45, 7) is 9.61. The Bertz CT molecular complexity index is 1110. The van der Waals surface area contributed by atoms with E-state index in [9.17, 15) is 4.79 Å². The number of hydrogen-bond acceptors (Lipinski definition) is 10. The Labute approximate surface area is 199 Å². The van der Waals surface area contributed by atoms with Gasteiger partial charge in [-0.15, -0.1) is 0 Å². The Hall–Kier alpha value is -3.53. The summed E-state index contributed by atoms with van der Waals surface area (Å²) in [6.07, 6.45) is 3.44. The molecule has 0 amide bonds. The van der Waals surface area contributed by atoms with Crippen LogP contribution in [-0.2, 0) is 14.9 Å². The lowest BCUT2D eigenvalue weighted by Gasteiger charge is -2.33. The molecule has 1 aromatic carbocycles. The van der Waals surface area contributed by atoms with E-state index in [0.29, 0.717) is 31.5 Å². The van der Waals surface area contributed by atoms with Gasteiger partial charge in [0.15, 0.2) is 5.82 Å². The number of benzene rings is 1. The third-order valence-corrected chi connectivity index (χ3v) is 6.75. The maximum absolute atomic E-state index is 11.5. The summed E-state index contributed by atoms with van der Waals surface area (Å²) >= 11 is 0. The number of methoxy groups -OCH3 is 1. The Morgan fingerprint density at radius 2 is 1.76 bits per heavy atom. The number of rotatable bonds is 7. The average Bonchev–Trinajstić information content (AvgIpc) is 3.35. The molecule has 1 atom stereocenters. The van der Waals surface area contributed by atoms with Crippen molar-refractivity contribution in [3.8, 4) is 11.1 Å². The number of nitrogens with two attached hydrogens (primary N) is 1. The molecule has 1 unspecified atom stereocenters. The number of carbonyl (C=O) groups excluding carboxylic acids is 1. The highest BCUT2D eigenvalue weighted by molar-refractivity contribution is 5.71. The second-order valence-corrected chi connectivity index (χ2v) is 9.00. The molecule has 0 saturated carbocycles. The molecule has 1 aliphatic heterocycles. The molecule has 4 rings (SSSR count). The van der Waals surface area contributed by atoms with Crippen LogP contribution in [-0.4, -0.2) is 70.8 Å². The summed E-state index contributed by atoms with van der Waals surface area (Å²) in [6, 6.07) is 8.79. The fourth-order valence-corrected chi connectivity index (χ4v) is 4.12. The summed E-state index contributed by atoms with van der Waals surface area (Å²) < 4.78 is 10.5. The number of piperazine rings is 1. The Morgan fingerprint density at radius 3 is 2.35 bits per heavy atom. The molecule has 0 bridgehead atoms. The monoisotopic (exact) mass is 465 g/mol. The number of esters is 1. The normalized spacial score (nSPS) is 16.4. The zero-order valence-electron chi connectivity index (χ0n) is 20.1. The number of ether oxygens (including phenoxy) is 1. The van der Waals surface area contributed by atoms with E-state index in [0.717, 1.165) is 29.8 Å². The molecule has 3 heterocycles. The van der Waals surface area contributed by atoms with Crippen molar-refractivity contribution in [3.05, 3.63) is 48.0 Å². The number of aromatic nitrogens is 4. The third-order valence-electron chi connectivity index (χ3n) is 6.75. The standard InChI is InChI=1S/C24H31N7O3/c1-16(2)24(3,19-7-5-17(6-8-19)18-13-26-22(25)27-14-18)21-28-23(34-29-21)31-11-9-30(10-12-31)15-20(32)33-4/h5-8,13-14,16H,9-12,15H2,1-4H3,(H2,25,26,27). The van der Waals surface area contributed by atoms with Gasteiger partial charge in [-0.2, -0.15) is 4.98 Å². The SMILES string of the molecule is COC(=O)CN1CCN(c2nc(C(C)(c3ccc(-c4cnc(N)nc4)cc3)C(C)C)no2)CC1. The zero-order chi connectivity index (χ0) is 24.3. The van der Waals surface area contributed by atoms with Crippen LogP contribution < -0.4 is 10.6 Å². The first-order valence-electron chi connectivity index (χ1n) is 11.4. The van der Waals surface area contributed by atoms with Gasteiger partial charge in [0.05, 0.1) is 19.1 Å². The quantitative estimate of drug-likeness (QED) is 0.520. The van der Waals surface area contributed by atoms with Crippen molar-refractivity contribution in [2.45, 2.75) is 26.2 Å². The Balaban J connectivity index is 1.51. The van der Waals surface area contributed by atoms with E-state index < -0.39 is 5.41 Å². The summed E-state index contributed by atoms with van der Waals surface area (Å²) in [5.41, 5.74) is 8.17. The zero-order valence-corrected chi connectivity index (χ0v) is 20.1. The van der Waals surface area contributed by atoms with Crippen LogP contribution in [0.25, 0.3) is 11.1 Å². The van der Waals surface area contributed by atoms with Gasteiger partial charge in [-0.3, -0.25) is 9.69 Å². The first-order chi connectivity index (χ1) is 16.3. The first-order valence-corrected chi connectivity index (χ1v) is 11.4. The molecule has 2 N–H and O–H groups in total. The van der Waals surface area contributed by atoms with Gasteiger partial charge >= 0.3 is 12.0 Å². The summed E-state index contributed by atoms with van der Waals surface area (Å²) in [4.78, 5) is 28.6. The minimum absolute atomic E-state index is 0.223. The topological polar surface area (TPSA) is 124 Å². The summed E-state index contributed by atoms with van der Waals surface area (Å²) in [5, 5.41) is 4.38. The highest BCUT2D eigenvalue weighted by Gasteiger charge is 2.38. The van der Waals surface area contributed by atoms with Gasteiger partial charge in [-0.25, -0.2) is 9.97 Å².